The molecule has 0 fully saturated rings. The van der Waals surface area contributed by atoms with Gasteiger partial charge in [0.2, 0.25) is 0 Å². The summed E-state index contributed by atoms with van der Waals surface area (Å²) in [6, 6.07) is 40.3. The molecular formula is C34H34ClN3. The van der Waals surface area contributed by atoms with Crippen LogP contribution in [0.15, 0.2) is 128 Å². The first kappa shape index (κ1) is 26.0. The Bertz CT molecular complexity index is 1280. The molecule has 4 aromatic carbocycles. The fourth-order valence-corrected chi connectivity index (χ4v) is 5.36. The summed E-state index contributed by atoms with van der Waals surface area (Å²) in [5.41, 5.74) is 5.54. The number of unbranched alkanes of at least 4 members (excludes halogenated alkanes) is 2. The van der Waals surface area contributed by atoms with Gasteiger partial charge in [0.25, 0.3) is 0 Å². The van der Waals surface area contributed by atoms with Gasteiger partial charge in [0.05, 0.1) is 12.0 Å². The van der Waals surface area contributed by atoms with E-state index < -0.39 is 5.54 Å². The lowest BCUT2D eigenvalue weighted by atomic mass is 9.77. The Hall–Kier alpha value is -3.66. The number of benzene rings is 4. The predicted octanol–water partition coefficient (Wildman–Crippen LogP) is 7.88. The zero-order valence-electron chi connectivity index (χ0n) is 21.6. The topological polar surface area (TPSA) is 29.9 Å². The Kier molecular flexibility index (Phi) is 8.70. The lowest BCUT2D eigenvalue weighted by Gasteiger charge is -2.37. The van der Waals surface area contributed by atoms with Crippen molar-refractivity contribution >= 4 is 11.6 Å². The van der Waals surface area contributed by atoms with Crippen molar-refractivity contribution in [2.75, 3.05) is 6.54 Å². The number of halogens is 1. The van der Waals surface area contributed by atoms with Crippen molar-refractivity contribution in [1.29, 1.82) is 0 Å². The Morgan fingerprint density at radius 3 is 1.76 bits per heavy atom. The highest BCUT2D eigenvalue weighted by Crippen LogP contribution is 2.40. The molecule has 1 N–H and O–H groups in total. The summed E-state index contributed by atoms with van der Waals surface area (Å²) in [7, 11) is 0. The van der Waals surface area contributed by atoms with Crippen LogP contribution in [0, 0.1) is 0 Å². The van der Waals surface area contributed by atoms with Crippen molar-refractivity contribution in [1.82, 2.24) is 14.9 Å². The summed E-state index contributed by atoms with van der Waals surface area (Å²) in [6.45, 7) is 1.89. The Balaban J connectivity index is 1.29. The summed E-state index contributed by atoms with van der Waals surface area (Å²) in [5, 5.41) is 4.32. The van der Waals surface area contributed by atoms with E-state index in [0.29, 0.717) is 0 Å². The summed E-state index contributed by atoms with van der Waals surface area (Å²) in [6.07, 6.45) is 8.66. The van der Waals surface area contributed by atoms with Crippen LogP contribution in [0.25, 0.3) is 0 Å². The van der Waals surface area contributed by atoms with E-state index in [2.05, 4.69) is 119 Å². The van der Waals surface area contributed by atoms with Gasteiger partial charge in [-0.15, -0.1) is 0 Å². The zero-order valence-corrected chi connectivity index (χ0v) is 22.4. The van der Waals surface area contributed by atoms with E-state index in [1.165, 1.54) is 28.7 Å². The number of aryl methyl sites for hydroxylation is 1. The second-order valence-corrected chi connectivity index (χ2v) is 10.1. The molecule has 0 spiro atoms. The molecule has 0 bridgehead atoms. The first-order valence-corrected chi connectivity index (χ1v) is 13.8. The van der Waals surface area contributed by atoms with Gasteiger partial charge in [-0.25, -0.2) is 4.98 Å². The average molecular weight is 520 g/mol. The third-order valence-electron chi connectivity index (χ3n) is 7.13. The molecule has 192 valence electrons. The number of aromatic nitrogens is 2. The highest BCUT2D eigenvalue weighted by Gasteiger charge is 2.38. The third kappa shape index (κ3) is 5.91. The Morgan fingerprint density at radius 1 is 0.658 bits per heavy atom. The van der Waals surface area contributed by atoms with Gasteiger partial charge in [-0.2, -0.15) is 0 Å². The van der Waals surface area contributed by atoms with Gasteiger partial charge < -0.3 is 9.88 Å². The smallest absolute Gasteiger partial charge is 0.121 e. The van der Waals surface area contributed by atoms with Crippen LogP contribution in [0.2, 0.25) is 5.02 Å². The average Bonchev–Trinajstić information content (AvgIpc) is 3.45. The molecule has 0 aliphatic rings. The number of rotatable bonds is 12. The van der Waals surface area contributed by atoms with E-state index in [1.807, 2.05) is 18.5 Å². The van der Waals surface area contributed by atoms with Crippen LogP contribution in [0.3, 0.4) is 0 Å². The molecule has 0 aliphatic heterocycles. The van der Waals surface area contributed by atoms with E-state index in [4.69, 9.17) is 16.6 Å². The SMILES string of the molecule is Clc1ccc(CNCCCCCc2cn(C(c3ccccc3)(c3ccccc3)c3ccccc3)cn2)cc1. The van der Waals surface area contributed by atoms with Crippen molar-refractivity contribution in [3.8, 4) is 0 Å². The van der Waals surface area contributed by atoms with Crippen molar-refractivity contribution < 1.29 is 0 Å². The molecule has 1 aromatic heterocycles. The van der Waals surface area contributed by atoms with Crippen LogP contribution in [-0.2, 0) is 18.5 Å². The third-order valence-corrected chi connectivity index (χ3v) is 7.38. The predicted molar refractivity (Wildman–Crippen MR) is 158 cm³/mol. The minimum Gasteiger partial charge on any atom is -0.319 e. The van der Waals surface area contributed by atoms with Gasteiger partial charge in [0.15, 0.2) is 0 Å². The van der Waals surface area contributed by atoms with Gasteiger partial charge >= 0.3 is 0 Å². The molecule has 5 rings (SSSR count). The van der Waals surface area contributed by atoms with Gasteiger partial charge in [0, 0.05) is 17.8 Å². The molecule has 5 aromatic rings. The van der Waals surface area contributed by atoms with E-state index in [-0.39, 0.29) is 0 Å². The molecule has 0 saturated heterocycles. The van der Waals surface area contributed by atoms with E-state index >= 15 is 0 Å². The molecule has 4 heteroatoms. The second kappa shape index (κ2) is 12.7. The van der Waals surface area contributed by atoms with Crippen LogP contribution >= 0.6 is 11.6 Å². The van der Waals surface area contributed by atoms with Crippen molar-refractivity contribution in [2.24, 2.45) is 0 Å². The number of hydrogen-bond donors (Lipinski definition) is 1. The molecule has 1 heterocycles. The number of imidazole rings is 1. The van der Waals surface area contributed by atoms with Crippen molar-refractivity contribution in [3.63, 3.8) is 0 Å². The Labute approximate surface area is 231 Å². The quantitative estimate of drug-likeness (QED) is 0.134. The standard InChI is InChI=1S/C34H34ClN3/c35-32-22-20-28(21-23-32)25-36-24-12-4-11-19-33-26-38(27-37-33)34(29-13-5-1-6-14-29,30-15-7-2-8-16-30)31-17-9-3-10-18-31/h1-3,5-10,13-18,20-23,26-27,36H,4,11-12,19,24-25H2. The van der Waals surface area contributed by atoms with Crippen LogP contribution < -0.4 is 5.32 Å². The van der Waals surface area contributed by atoms with Crippen LogP contribution in [-0.4, -0.2) is 16.1 Å². The maximum Gasteiger partial charge on any atom is 0.121 e. The van der Waals surface area contributed by atoms with E-state index in [1.54, 1.807) is 0 Å². The summed E-state index contributed by atoms with van der Waals surface area (Å²) in [4.78, 5) is 4.88. The lowest BCUT2D eigenvalue weighted by Crippen LogP contribution is -2.36. The maximum atomic E-state index is 5.97. The van der Waals surface area contributed by atoms with Gasteiger partial charge in [-0.05, 0) is 60.2 Å². The minimum absolute atomic E-state index is 0.499. The van der Waals surface area contributed by atoms with Crippen LogP contribution in [0.4, 0.5) is 0 Å². The van der Waals surface area contributed by atoms with Crippen molar-refractivity contribution in [2.45, 2.75) is 37.8 Å². The fraction of sp³-hybridized carbons (Fsp3) is 0.206. The largest absolute Gasteiger partial charge is 0.319 e. The van der Waals surface area contributed by atoms with Crippen LogP contribution in [0.5, 0.6) is 0 Å². The van der Waals surface area contributed by atoms with Crippen LogP contribution in [0.1, 0.15) is 47.2 Å². The van der Waals surface area contributed by atoms with Crippen molar-refractivity contribution in [3.05, 3.63) is 161 Å². The molecule has 38 heavy (non-hydrogen) atoms. The van der Waals surface area contributed by atoms with Gasteiger partial charge in [-0.1, -0.05) is 121 Å². The molecule has 3 nitrogen and oxygen atoms in total. The molecule has 0 atom stereocenters. The molecule has 0 aliphatic carbocycles. The summed E-state index contributed by atoms with van der Waals surface area (Å²) < 4.78 is 2.30. The summed E-state index contributed by atoms with van der Waals surface area (Å²) in [5.74, 6) is 0. The monoisotopic (exact) mass is 519 g/mol. The zero-order chi connectivity index (χ0) is 26.0. The van der Waals surface area contributed by atoms with Gasteiger partial charge in [-0.3, -0.25) is 0 Å². The lowest BCUT2D eigenvalue weighted by molar-refractivity contribution is 0.514. The first-order chi connectivity index (χ1) is 18.8. The summed E-state index contributed by atoms with van der Waals surface area (Å²) >= 11 is 5.97. The number of nitrogens with zero attached hydrogens (tertiary/aromatic N) is 2. The Morgan fingerprint density at radius 2 is 1.21 bits per heavy atom. The molecule has 0 radical (unpaired) electrons. The second-order valence-electron chi connectivity index (χ2n) is 9.69. The highest BCUT2D eigenvalue weighted by atomic mass is 35.5. The molecule has 0 saturated carbocycles. The maximum absolute atomic E-state index is 5.97. The first-order valence-electron chi connectivity index (χ1n) is 13.4. The highest BCUT2D eigenvalue weighted by molar-refractivity contribution is 6.30. The number of nitrogens with one attached hydrogen (secondary N) is 1. The van der Waals surface area contributed by atoms with E-state index in [9.17, 15) is 0 Å². The number of hydrogen-bond acceptors (Lipinski definition) is 2. The molecule has 0 amide bonds. The molecule has 0 unspecified atom stereocenters. The molecular weight excluding hydrogens is 486 g/mol. The normalized spacial score (nSPS) is 11.5. The van der Waals surface area contributed by atoms with Gasteiger partial charge in [0.1, 0.15) is 5.54 Å². The minimum atomic E-state index is -0.499. The fourth-order valence-electron chi connectivity index (χ4n) is 5.23. The van der Waals surface area contributed by atoms with E-state index in [0.717, 1.165) is 43.1 Å².